The maximum Gasteiger partial charge on any atom is 0.228 e. The normalized spacial score (nSPS) is 10.4. The first-order chi connectivity index (χ1) is 9.49. The Morgan fingerprint density at radius 3 is 2.40 bits per heavy atom. The van der Waals surface area contributed by atoms with Gasteiger partial charge >= 0.3 is 0 Å². The van der Waals surface area contributed by atoms with Crippen LogP contribution in [0.25, 0.3) is 0 Å². The number of benzene rings is 2. The lowest BCUT2D eigenvalue weighted by Gasteiger charge is -2.09. The van der Waals surface area contributed by atoms with Crippen LogP contribution in [0.5, 0.6) is 0 Å². The minimum absolute atomic E-state index is 0.0238. The monoisotopic (exact) mass is 331 g/mol. The standard InChI is InChI=1S/C14H9Cl3FNO/c15-9-4-1-3-8(13(9)17)7-12(20)19-14-10(16)5-2-6-11(14)18/h1-6H,7H2,(H,19,20). The molecular formula is C14H9Cl3FNO. The minimum Gasteiger partial charge on any atom is -0.322 e. The molecule has 0 aliphatic carbocycles. The Bertz CT molecular complexity index is 641. The fourth-order valence-corrected chi connectivity index (χ4v) is 2.26. The summed E-state index contributed by atoms with van der Waals surface area (Å²) >= 11 is 17.7. The summed E-state index contributed by atoms with van der Waals surface area (Å²) in [6.07, 6.45) is -0.0238. The third kappa shape index (κ3) is 3.42. The van der Waals surface area contributed by atoms with Crippen LogP contribution in [0.2, 0.25) is 15.1 Å². The fourth-order valence-electron chi connectivity index (χ4n) is 1.66. The molecule has 2 aromatic rings. The van der Waals surface area contributed by atoms with Crippen LogP contribution in [0.15, 0.2) is 36.4 Å². The number of anilines is 1. The summed E-state index contributed by atoms with van der Waals surface area (Å²) in [6.45, 7) is 0. The number of halogens is 4. The molecule has 0 saturated carbocycles. The number of nitrogens with one attached hydrogen (secondary N) is 1. The molecule has 2 aromatic carbocycles. The third-order valence-electron chi connectivity index (χ3n) is 2.61. The molecule has 0 radical (unpaired) electrons. The summed E-state index contributed by atoms with van der Waals surface area (Å²) in [4.78, 5) is 11.9. The van der Waals surface area contributed by atoms with Gasteiger partial charge in [-0.15, -0.1) is 0 Å². The van der Waals surface area contributed by atoms with E-state index < -0.39 is 11.7 Å². The molecule has 104 valence electrons. The number of rotatable bonds is 3. The van der Waals surface area contributed by atoms with E-state index in [0.717, 1.165) is 0 Å². The summed E-state index contributed by atoms with van der Waals surface area (Å²) in [5.74, 6) is -1.02. The van der Waals surface area contributed by atoms with Crippen molar-refractivity contribution in [2.24, 2.45) is 0 Å². The van der Waals surface area contributed by atoms with Gasteiger partial charge in [0.25, 0.3) is 0 Å². The molecule has 0 saturated heterocycles. The molecule has 20 heavy (non-hydrogen) atoms. The SMILES string of the molecule is O=C(Cc1cccc(Cl)c1Cl)Nc1c(F)cccc1Cl. The minimum atomic E-state index is -0.594. The Labute approximate surface area is 130 Å². The maximum absolute atomic E-state index is 13.5. The van der Waals surface area contributed by atoms with E-state index in [-0.39, 0.29) is 17.1 Å². The van der Waals surface area contributed by atoms with Gasteiger partial charge in [0, 0.05) is 0 Å². The van der Waals surface area contributed by atoms with Crippen molar-refractivity contribution in [1.29, 1.82) is 0 Å². The van der Waals surface area contributed by atoms with Crippen molar-refractivity contribution in [2.45, 2.75) is 6.42 Å². The van der Waals surface area contributed by atoms with E-state index in [1.165, 1.54) is 18.2 Å². The molecule has 0 aromatic heterocycles. The lowest BCUT2D eigenvalue weighted by Crippen LogP contribution is -2.16. The van der Waals surface area contributed by atoms with Gasteiger partial charge in [0.15, 0.2) is 0 Å². The first-order valence-electron chi connectivity index (χ1n) is 5.66. The van der Waals surface area contributed by atoms with Crippen molar-refractivity contribution >= 4 is 46.4 Å². The molecule has 1 amide bonds. The lowest BCUT2D eigenvalue weighted by molar-refractivity contribution is -0.115. The number of para-hydroxylation sites is 1. The van der Waals surface area contributed by atoms with Crippen molar-refractivity contribution in [3.63, 3.8) is 0 Å². The highest BCUT2D eigenvalue weighted by molar-refractivity contribution is 6.42. The average molecular weight is 333 g/mol. The predicted octanol–water partition coefficient (Wildman–Crippen LogP) is 4.97. The van der Waals surface area contributed by atoms with Crippen LogP contribution < -0.4 is 5.32 Å². The summed E-state index contributed by atoms with van der Waals surface area (Å²) in [5, 5.41) is 3.23. The number of amides is 1. The zero-order valence-corrected chi connectivity index (χ0v) is 12.4. The Hall–Kier alpha value is -1.29. The molecule has 0 spiro atoms. The molecule has 0 bridgehead atoms. The Balaban J connectivity index is 2.16. The van der Waals surface area contributed by atoms with Crippen LogP contribution in [0.1, 0.15) is 5.56 Å². The summed E-state index contributed by atoms with van der Waals surface area (Å²) in [5.41, 5.74) is 0.515. The quantitative estimate of drug-likeness (QED) is 0.845. The van der Waals surface area contributed by atoms with Gasteiger partial charge in [0.1, 0.15) is 5.82 Å². The molecule has 1 N–H and O–H groups in total. The largest absolute Gasteiger partial charge is 0.322 e. The fraction of sp³-hybridized carbons (Fsp3) is 0.0714. The second kappa shape index (κ2) is 6.44. The van der Waals surface area contributed by atoms with E-state index in [9.17, 15) is 9.18 Å². The number of hydrogen-bond donors (Lipinski definition) is 1. The van der Waals surface area contributed by atoms with E-state index in [2.05, 4.69) is 5.32 Å². The Morgan fingerprint density at radius 1 is 1.05 bits per heavy atom. The van der Waals surface area contributed by atoms with E-state index in [1.54, 1.807) is 18.2 Å². The van der Waals surface area contributed by atoms with Crippen LogP contribution in [0, 0.1) is 5.82 Å². The Kier molecular flexibility index (Phi) is 4.86. The topological polar surface area (TPSA) is 29.1 Å². The highest BCUT2D eigenvalue weighted by Crippen LogP contribution is 2.27. The van der Waals surface area contributed by atoms with Crippen LogP contribution in [0.4, 0.5) is 10.1 Å². The van der Waals surface area contributed by atoms with Gasteiger partial charge in [0.2, 0.25) is 5.91 Å². The molecule has 0 heterocycles. The summed E-state index contributed by atoms with van der Waals surface area (Å²) < 4.78 is 13.5. The predicted molar refractivity (Wildman–Crippen MR) is 80.2 cm³/mol. The second-order valence-corrected chi connectivity index (χ2v) is 5.23. The first kappa shape index (κ1) is 15.1. The zero-order chi connectivity index (χ0) is 14.7. The number of hydrogen-bond acceptors (Lipinski definition) is 1. The van der Waals surface area contributed by atoms with E-state index >= 15 is 0 Å². The van der Waals surface area contributed by atoms with Crippen molar-refractivity contribution in [3.8, 4) is 0 Å². The molecule has 2 nitrogen and oxygen atoms in total. The molecule has 6 heteroatoms. The third-order valence-corrected chi connectivity index (χ3v) is 3.78. The van der Waals surface area contributed by atoms with Crippen molar-refractivity contribution in [2.75, 3.05) is 5.32 Å². The molecule has 0 fully saturated rings. The van der Waals surface area contributed by atoms with Gasteiger partial charge in [-0.25, -0.2) is 4.39 Å². The summed E-state index contributed by atoms with van der Waals surface area (Å²) in [7, 11) is 0. The van der Waals surface area contributed by atoms with Crippen molar-refractivity contribution < 1.29 is 9.18 Å². The van der Waals surface area contributed by atoms with Crippen LogP contribution in [0.3, 0.4) is 0 Å². The number of carbonyl (C=O) groups is 1. The molecular weight excluding hydrogens is 324 g/mol. The zero-order valence-electron chi connectivity index (χ0n) is 10.1. The van der Waals surface area contributed by atoms with Gasteiger partial charge in [0.05, 0.1) is 27.2 Å². The highest BCUT2D eigenvalue weighted by Gasteiger charge is 2.13. The molecule has 0 aliphatic rings. The van der Waals surface area contributed by atoms with E-state index in [1.807, 2.05) is 0 Å². The molecule has 0 atom stereocenters. The summed E-state index contributed by atoms with van der Waals surface area (Å²) in [6, 6.07) is 9.16. The highest BCUT2D eigenvalue weighted by atomic mass is 35.5. The van der Waals surface area contributed by atoms with Gasteiger partial charge in [-0.05, 0) is 23.8 Å². The second-order valence-electron chi connectivity index (χ2n) is 4.03. The van der Waals surface area contributed by atoms with E-state index in [4.69, 9.17) is 34.8 Å². The van der Waals surface area contributed by atoms with Gasteiger partial charge < -0.3 is 5.32 Å². The Morgan fingerprint density at radius 2 is 1.70 bits per heavy atom. The lowest BCUT2D eigenvalue weighted by atomic mass is 10.1. The smallest absolute Gasteiger partial charge is 0.228 e. The van der Waals surface area contributed by atoms with Gasteiger partial charge in [-0.3, -0.25) is 4.79 Å². The molecule has 0 aliphatic heterocycles. The van der Waals surface area contributed by atoms with Crippen LogP contribution >= 0.6 is 34.8 Å². The van der Waals surface area contributed by atoms with Crippen LogP contribution in [-0.2, 0) is 11.2 Å². The first-order valence-corrected chi connectivity index (χ1v) is 6.79. The van der Waals surface area contributed by atoms with Gasteiger partial charge in [-0.2, -0.15) is 0 Å². The maximum atomic E-state index is 13.5. The average Bonchev–Trinajstić information content (AvgIpc) is 2.39. The van der Waals surface area contributed by atoms with Crippen molar-refractivity contribution in [1.82, 2.24) is 0 Å². The molecule has 0 unspecified atom stereocenters. The van der Waals surface area contributed by atoms with Crippen molar-refractivity contribution in [3.05, 3.63) is 62.8 Å². The number of carbonyl (C=O) groups excluding carboxylic acids is 1. The molecule has 2 rings (SSSR count). The van der Waals surface area contributed by atoms with Gasteiger partial charge in [-0.1, -0.05) is 53.0 Å². The van der Waals surface area contributed by atoms with Crippen LogP contribution in [-0.4, -0.2) is 5.91 Å². The van der Waals surface area contributed by atoms with E-state index in [0.29, 0.717) is 15.6 Å².